The van der Waals surface area contributed by atoms with E-state index >= 15 is 0 Å². The van der Waals surface area contributed by atoms with Crippen LogP contribution in [0, 0.1) is 17.1 Å². The van der Waals surface area contributed by atoms with E-state index in [-0.39, 0.29) is 5.82 Å². The van der Waals surface area contributed by atoms with Gasteiger partial charge in [-0.1, -0.05) is 0 Å². The predicted molar refractivity (Wildman–Crippen MR) is 70.3 cm³/mol. The van der Waals surface area contributed by atoms with Crippen LogP contribution in [0.4, 0.5) is 4.39 Å². The molecule has 0 amide bonds. The molecule has 2 N–H and O–H groups in total. The van der Waals surface area contributed by atoms with E-state index in [9.17, 15) is 12.8 Å². The quantitative estimate of drug-likeness (QED) is 0.723. The molecule has 0 aliphatic carbocycles. The maximum Gasteiger partial charge on any atom is 0.208 e. The van der Waals surface area contributed by atoms with Crippen molar-refractivity contribution >= 4 is 10.0 Å². The summed E-state index contributed by atoms with van der Waals surface area (Å²) >= 11 is 0. The fourth-order valence-corrected chi connectivity index (χ4v) is 2.03. The highest BCUT2D eigenvalue weighted by Gasteiger charge is 2.03. The van der Waals surface area contributed by atoms with Crippen molar-refractivity contribution in [3.8, 4) is 6.07 Å². The number of halogens is 1. The van der Waals surface area contributed by atoms with E-state index in [2.05, 4.69) is 10.0 Å². The molecule has 0 bridgehead atoms. The van der Waals surface area contributed by atoms with Crippen LogP contribution < -0.4 is 10.0 Å². The summed E-state index contributed by atoms with van der Waals surface area (Å²) in [6.07, 6.45) is 1.72. The SMILES string of the molecule is CS(=O)(=O)NCCCNCc1cc(F)ccc1C#N. The van der Waals surface area contributed by atoms with Gasteiger partial charge in [-0.2, -0.15) is 5.26 Å². The van der Waals surface area contributed by atoms with Gasteiger partial charge in [0.25, 0.3) is 0 Å². The first kappa shape index (κ1) is 15.6. The van der Waals surface area contributed by atoms with Crippen molar-refractivity contribution in [3.05, 3.63) is 35.1 Å². The van der Waals surface area contributed by atoms with Crippen molar-refractivity contribution < 1.29 is 12.8 Å². The summed E-state index contributed by atoms with van der Waals surface area (Å²) in [6, 6.07) is 6.01. The van der Waals surface area contributed by atoms with Crippen LogP contribution in [0.25, 0.3) is 0 Å². The average molecular weight is 285 g/mol. The monoisotopic (exact) mass is 285 g/mol. The number of benzene rings is 1. The Balaban J connectivity index is 2.34. The average Bonchev–Trinajstić information content (AvgIpc) is 2.32. The van der Waals surface area contributed by atoms with E-state index in [1.54, 1.807) is 0 Å². The van der Waals surface area contributed by atoms with Gasteiger partial charge in [0.05, 0.1) is 17.9 Å². The number of sulfonamides is 1. The smallest absolute Gasteiger partial charge is 0.208 e. The van der Waals surface area contributed by atoms with E-state index < -0.39 is 10.0 Å². The van der Waals surface area contributed by atoms with Crippen LogP contribution in [0.5, 0.6) is 0 Å². The fraction of sp³-hybridized carbons (Fsp3) is 0.417. The van der Waals surface area contributed by atoms with Crippen LogP contribution in [0.15, 0.2) is 18.2 Å². The molecule has 0 fully saturated rings. The van der Waals surface area contributed by atoms with Gasteiger partial charge in [-0.3, -0.25) is 0 Å². The summed E-state index contributed by atoms with van der Waals surface area (Å²) in [6.45, 7) is 1.30. The van der Waals surface area contributed by atoms with Crippen LogP contribution in [0.2, 0.25) is 0 Å². The van der Waals surface area contributed by atoms with Crippen molar-refractivity contribution in [2.75, 3.05) is 19.3 Å². The first-order valence-corrected chi connectivity index (χ1v) is 7.65. The minimum atomic E-state index is -3.15. The summed E-state index contributed by atoms with van der Waals surface area (Å²) in [5.74, 6) is -0.380. The van der Waals surface area contributed by atoms with E-state index in [1.165, 1.54) is 18.2 Å². The summed E-state index contributed by atoms with van der Waals surface area (Å²) in [4.78, 5) is 0. The van der Waals surface area contributed by atoms with Gasteiger partial charge in [-0.25, -0.2) is 17.5 Å². The van der Waals surface area contributed by atoms with Crippen LogP contribution in [-0.4, -0.2) is 27.8 Å². The zero-order valence-electron chi connectivity index (χ0n) is 10.6. The highest BCUT2D eigenvalue weighted by atomic mass is 32.2. The molecule has 0 heterocycles. The molecule has 0 aliphatic heterocycles. The maximum absolute atomic E-state index is 13.0. The number of nitrogens with zero attached hydrogens (tertiary/aromatic N) is 1. The maximum atomic E-state index is 13.0. The largest absolute Gasteiger partial charge is 0.313 e. The van der Waals surface area contributed by atoms with E-state index in [0.29, 0.717) is 37.2 Å². The third-order valence-corrected chi connectivity index (χ3v) is 3.13. The summed E-state index contributed by atoms with van der Waals surface area (Å²) in [5.41, 5.74) is 1.03. The molecule has 1 aromatic carbocycles. The first-order valence-electron chi connectivity index (χ1n) is 5.76. The van der Waals surface area contributed by atoms with Gasteiger partial charge in [0.15, 0.2) is 0 Å². The first-order chi connectivity index (χ1) is 8.92. The molecule has 0 saturated carbocycles. The van der Waals surface area contributed by atoms with Gasteiger partial charge in [-0.15, -0.1) is 0 Å². The molecule has 0 spiro atoms. The van der Waals surface area contributed by atoms with Gasteiger partial charge in [0.2, 0.25) is 10.0 Å². The molecule has 19 heavy (non-hydrogen) atoms. The second kappa shape index (κ2) is 7.19. The minimum Gasteiger partial charge on any atom is -0.313 e. The fourth-order valence-electron chi connectivity index (χ4n) is 1.51. The number of rotatable bonds is 7. The topological polar surface area (TPSA) is 82.0 Å². The molecule has 1 rings (SSSR count). The summed E-state index contributed by atoms with van der Waals surface area (Å²) in [5, 5.41) is 11.9. The number of hydrogen-bond donors (Lipinski definition) is 2. The molecule has 0 aliphatic rings. The molecule has 104 valence electrons. The second-order valence-corrected chi connectivity index (χ2v) is 5.94. The zero-order valence-corrected chi connectivity index (χ0v) is 11.4. The predicted octanol–water partition coefficient (Wildman–Crippen LogP) is 0.726. The Kier molecular flexibility index (Phi) is 5.89. The van der Waals surface area contributed by atoms with Crippen LogP contribution in [0.3, 0.4) is 0 Å². The Morgan fingerprint density at radius 1 is 1.37 bits per heavy atom. The van der Waals surface area contributed by atoms with Gasteiger partial charge in [-0.05, 0) is 36.7 Å². The third kappa shape index (κ3) is 6.29. The lowest BCUT2D eigenvalue weighted by atomic mass is 10.1. The highest BCUT2D eigenvalue weighted by Crippen LogP contribution is 2.09. The van der Waals surface area contributed by atoms with E-state index in [4.69, 9.17) is 5.26 Å². The standard InChI is InChI=1S/C12H16FN3O2S/c1-19(17,18)16-6-2-5-15-9-11-7-12(13)4-3-10(11)8-14/h3-4,7,15-16H,2,5-6,9H2,1H3. The lowest BCUT2D eigenvalue weighted by Gasteiger charge is -2.07. The second-order valence-electron chi connectivity index (χ2n) is 4.11. The Labute approximate surface area is 112 Å². The molecule has 0 aromatic heterocycles. The lowest BCUT2D eigenvalue weighted by molar-refractivity contribution is 0.578. The molecule has 0 saturated heterocycles. The molecule has 0 unspecified atom stereocenters. The Morgan fingerprint density at radius 3 is 2.74 bits per heavy atom. The van der Waals surface area contributed by atoms with Crippen molar-refractivity contribution in [2.24, 2.45) is 0 Å². The van der Waals surface area contributed by atoms with Crippen molar-refractivity contribution in [3.63, 3.8) is 0 Å². The van der Waals surface area contributed by atoms with Gasteiger partial charge in [0, 0.05) is 13.1 Å². The molecule has 1 aromatic rings. The molecular formula is C12H16FN3O2S. The normalized spacial score (nSPS) is 11.2. The van der Waals surface area contributed by atoms with E-state index in [0.717, 1.165) is 6.26 Å². The summed E-state index contributed by atoms with van der Waals surface area (Å²) < 4.78 is 37.0. The Bertz CT molecular complexity index is 567. The zero-order chi connectivity index (χ0) is 14.3. The number of nitrogens with one attached hydrogen (secondary N) is 2. The van der Waals surface area contributed by atoms with Gasteiger partial charge >= 0.3 is 0 Å². The number of nitriles is 1. The third-order valence-electron chi connectivity index (χ3n) is 2.40. The van der Waals surface area contributed by atoms with Crippen molar-refractivity contribution in [2.45, 2.75) is 13.0 Å². The van der Waals surface area contributed by atoms with Crippen LogP contribution >= 0.6 is 0 Å². The highest BCUT2D eigenvalue weighted by molar-refractivity contribution is 7.88. The molecule has 0 radical (unpaired) electrons. The lowest BCUT2D eigenvalue weighted by Crippen LogP contribution is -2.26. The Morgan fingerprint density at radius 2 is 2.11 bits per heavy atom. The van der Waals surface area contributed by atoms with Crippen molar-refractivity contribution in [1.29, 1.82) is 5.26 Å². The van der Waals surface area contributed by atoms with E-state index in [1.807, 2.05) is 6.07 Å². The van der Waals surface area contributed by atoms with Crippen LogP contribution in [0.1, 0.15) is 17.5 Å². The molecule has 0 atom stereocenters. The van der Waals surface area contributed by atoms with Gasteiger partial charge in [0.1, 0.15) is 5.82 Å². The summed E-state index contributed by atoms with van der Waals surface area (Å²) in [7, 11) is -3.15. The van der Waals surface area contributed by atoms with Gasteiger partial charge < -0.3 is 5.32 Å². The Hall–Kier alpha value is -1.49. The molecular weight excluding hydrogens is 269 g/mol. The van der Waals surface area contributed by atoms with Crippen molar-refractivity contribution in [1.82, 2.24) is 10.0 Å². The minimum absolute atomic E-state index is 0.347. The number of hydrogen-bond acceptors (Lipinski definition) is 4. The molecule has 7 heteroatoms. The molecule has 5 nitrogen and oxygen atoms in total. The van der Waals surface area contributed by atoms with Crippen LogP contribution in [-0.2, 0) is 16.6 Å².